The average Bonchev–Trinajstić information content (AvgIpc) is 2.47. The van der Waals surface area contributed by atoms with Gasteiger partial charge in [0, 0.05) is 6.07 Å². The summed E-state index contributed by atoms with van der Waals surface area (Å²) in [5.74, 6) is 0.569. The second-order valence-corrected chi connectivity index (χ2v) is 3.98. The summed E-state index contributed by atoms with van der Waals surface area (Å²) < 4.78 is 10.2. The largest absolute Gasteiger partial charge is 0.469 e. The number of pyridine rings is 1. The maximum absolute atomic E-state index is 11.2. The van der Waals surface area contributed by atoms with Crippen LogP contribution in [0.2, 0.25) is 0 Å². The number of esters is 1. The SMILES string of the molecule is COC(=O)Cc1cccc(Oc2cccc(C#N)n2)c1. The van der Waals surface area contributed by atoms with Crippen LogP contribution in [0.5, 0.6) is 11.6 Å². The van der Waals surface area contributed by atoms with Gasteiger partial charge < -0.3 is 9.47 Å². The van der Waals surface area contributed by atoms with Crippen LogP contribution in [0.25, 0.3) is 0 Å². The summed E-state index contributed by atoms with van der Waals surface area (Å²) in [7, 11) is 1.35. The monoisotopic (exact) mass is 268 g/mol. The minimum absolute atomic E-state index is 0.180. The fraction of sp³-hybridized carbons (Fsp3) is 0.133. The first-order valence-corrected chi connectivity index (χ1v) is 5.92. The Bertz CT molecular complexity index is 662. The molecule has 5 nitrogen and oxygen atoms in total. The van der Waals surface area contributed by atoms with Gasteiger partial charge in [0.1, 0.15) is 17.5 Å². The molecule has 0 saturated heterocycles. The van der Waals surface area contributed by atoms with E-state index in [-0.39, 0.29) is 18.1 Å². The van der Waals surface area contributed by atoms with E-state index in [2.05, 4.69) is 9.72 Å². The molecule has 100 valence electrons. The molecule has 0 radical (unpaired) electrons. The fourth-order valence-electron chi connectivity index (χ4n) is 1.61. The van der Waals surface area contributed by atoms with Crippen LogP contribution in [-0.4, -0.2) is 18.1 Å². The van der Waals surface area contributed by atoms with Crippen molar-refractivity contribution in [2.24, 2.45) is 0 Å². The van der Waals surface area contributed by atoms with Crippen LogP contribution < -0.4 is 4.74 Å². The minimum atomic E-state index is -0.313. The van der Waals surface area contributed by atoms with Gasteiger partial charge in [-0.3, -0.25) is 4.79 Å². The number of methoxy groups -OCH3 is 1. The molecule has 0 aliphatic carbocycles. The van der Waals surface area contributed by atoms with Gasteiger partial charge in [-0.25, -0.2) is 4.98 Å². The van der Waals surface area contributed by atoms with Crippen molar-refractivity contribution >= 4 is 5.97 Å². The van der Waals surface area contributed by atoms with Gasteiger partial charge in [0.25, 0.3) is 0 Å². The van der Waals surface area contributed by atoms with E-state index in [1.165, 1.54) is 7.11 Å². The average molecular weight is 268 g/mol. The van der Waals surface area contributed by atoms with Crippen molar-refractivity contribution in [3.63, 3.8) is 0 Å². The molecule has 1 heterocycles. The Morgan fingerprint density at radius 3 is 2.85 bits per heavy atom. The zero-order valence-electron chi connectivity index (χ0n) is 10.9. The molecule has 5 heteroatoms. The highest BCUT2D eigenvalue weighted by Gasteiger charge is 2.05. The fourth-order valence-corrected chi connectivity index (χ4v) is 1.61. The molecule has 0 aliphatic rings. The van der Waals surface area contributed by atoms with E-state index < -0.39 is 0 Å². The Morgan fingerprint density at radius 1 is 1.30 bits per heavy atom. The van der Waals surface area contributed by atoms with E-state index in [0.717, 1.165) is 5.56 Å². The molecule has 2 rings (SSSR count). The highest BCUT2D eigenvalue weighted by molar-refractivity contribution is 5.72. The summed E-state index contributed by atoms with van der Waals surface area (Å²) in [6.45, 7) is 0. The predicted molar refractivity (Wildman–Crippen MR) is 71.2 cm³/mol. The number of hydrogen-bond acceptors (Lipinski definition) is 5. The standard InChI is InChI=1S/C15H12N2O3/c1-19-15(18)9-11-4-2-6-13(8-11)20-14-7-3-5-12(10-16)17-14/h2-8H,9H2,1H3. The van der Waals surface area contributed by atoms with Crippen molar-refractivity contribution in [2.45, 2.75) is 6.42 Å². The third-order valence-electron chi connectivity index (χ3n) is 2.54. The molecule has 0 N–H and O–H groups in total. The predicted octanol–water partition coefficient (Wildman–Crippen LogP) is 2.46. The Morgan fingerprint density at radius 2 is 2.10 bits per heavy atom. The topological polar surface area (TPSA) is 72.2 Å². The zero-order chi connectivity index (χ0) is 14.4. The Hall–Kier alpha value is -2.87. The van der Waals surface area contributed by atoms with Crippen molar-refractivity contribution in [1.29, 1.82) is 5.26 Å². The van der Waals surface area contributed by atoms with Crippen LogP contribution in [0.4, 0.5) is 0 Å². The van der Waals surface area contributed by atoms with Crippen LogP contribution in [0.3, 0.4) is 0 Å². The Balaban J connectivity index is 2.15. The minimum Gasteiger partial charge on any atom is -0.469 e. The van der Waals surface area contributed by atoms with E-state index in [0.29, 0.717) is 11.6 Å². The number of aromatic nitrogens is 1. The third-order valence-corrected chi connectivity index (χ3v) is 2.54. The van der Waals surface area contributed by atoms with Gasteiger partial charge >= 0.3 is 5.97 Å². The number of nitriles is 1. The van der Waals surface area contributed by atoms with Crippen LogP contribution in [0.15, 0.2) is 42.5 Å². The number of nitrogens with zero attached hydrogens (tertiary/aromatic N) is 2. The van der Waals surface area contributed by atoms with Crippen molar-refractivity contribution < 1.29 is 14.3 Å². The summed E-state index contributed by atoms with van der Waals surface area (Å²) in [5.41, 5.74) is 1.07. The van der Waals surface area contributed by atoms with Gasteiger partial charge in [-0.1, -0.05) is 18.2 Å². The molecule has 0 atom stereocenters. The van der Waals surface area contributed by atoms with Crippen molar-refractivity contribution in [1.82, 2.24) is 4.98 Å². The maximum atomic E-state index is 11.2. The number of ether oxygens (including phenoxy) is 2. The molecule has 1 aromatic carbocycles. The molecule has 0 spiro atoms. The molecular formula is C15H12N2O3. The molecule has 2 aromatic rings. The summed E-state index contributed by atoms with van der Waals surface area (Å²) in [5, 5.41) is 8.78. The number of carbonyl (C=O) groups is 1. The van der Waals surface area contributed by atoms with Crippen LogP contribution in [0, 0.1) is 11.3 Å². The van der Waals surface area contributed by atoms with E-state index in [1.54, 1.807) is 36.4 Å². The molecule has 1 aromatic heterocycles. The summed E-state index contributed by atoms with van der Waals surface area (Å²) in [6.07, 6.45) is 0.180. The molecule has 20 heavy (non-hydrogen) atoms. The van der Waals surface area contributed by atoms with E-state index in [1.807, 2.05) is 12.1 Å². The van der Waals surface area contributed by atoms with Gasteiger partial charge in [-0.05, 0) is 23.8 Å². The summed E-state index contributed by atoms with van der Waals surface area (Å²) >= 11 is 0. The van der Waals surface area contributed by atoms with Crippen molar-refractivity contribution in [3.8, 4) is 17.7 Å². The quantitative estimate of drug-likeness (QED) is 0.796. The van der Waals surface area contributed by atoms with Crippen LogP contribution in [-0.2, 0) is 16.0 Å². The van der Waals surface area contributed by atoms with Gasteiger partial charge in [-0.2, -0.15) is 5.26 Å². The first-order chi connectivity index (χ1) is 9.71. The van der Waals surface area contributed by atoms with Crippen molar-refractivity contribution in [2.75, 3.05) is 7.11 Å². The number of hydrogen-bond donors (Lipinski definition) is 0. The van der Waals surface area contributed by atoms with Gasteiger partial charge in [-0.15, -0.1) is 0 Å². The maximum Gasteiger partial charge on any atom is 0.309 e. The smallest absolute Gasteiger partial charge is 0.309 e. The highest BCUT2D eigenvalue weighted by Crippen LogP contribution is 2.21. The molecule has 0 unspecified atom stereocenters. The lowest BCUT2D eigenvalue weighted by molar-refractivity contribution is -0.139. The van der Waals surface area contributed by atoms with E-state index in [9.17, 15) is 4.79 Å². The van der Waals surface area contributed by atoms with Gasteiger partial charge in [0.05, 0.1) is 13.5 Å². The highest BCUT2D eigenvalue weighted by atomic mass is 16.5. The molecular weight excluding hydrogens is 256 g/mol. The van der Waals surface area contributed by atoms with Gasteiger partial charge in [0.15, 0.2) is 0 Å². The van der Waals surface area contributed by atoms with E-state index in [4.69, 9.17) is 10.00 Å². The molecule has 0 bridgehead atoms. The lowest BCUT2D eigenvalue weighted by Gasteiger charge is -2.06. The van der Waals surface area contributed by atoms with E-state index >= 15 is 0 Å². The molecule has 0 fully saturated rings. The lowest BCUT2D eigenvalue weighted by atomic mass is 10.1. The first kappa shape index (κ1) is 13.6. The zero-order valence-corrected chi connectivity index (χ0v) is 10.9. The summed E-state index contributed by atoms with van der Waals surface area (Å²) in [6, 6.07) is 14.0. The third kappa shape index (κ3) is 3.56. The first-order valence-electron chi connectivity index (χ1n) is 5.92. The second-order valence-electron chi connectivity index (χ2n) is 3.98. The van der Waals surface area contributed by atoms with Crippen LogP contribution in [0.1, 0.15) is 11.3 Å². The second kappa shape index (κ2) is 6.34. The number of rotatable bonds is 4. The Kier molecular flexibility index (Phi) is 4.30. The number of benzene rings is 1. The Labute approximate surface area is 116 Å². The van der Waals surface area contributed by atoms with Crippen molar-refractivity contribution in [3.05, 3.63) is 53.7 Å². The van der Waals surface area contributed by atoms with Gasteiger partial charge in [0.2, 0.25) is 5.88 Å². The lowest BCUT2D eigenvalue weighted by Crippen LogP contribution is -2.04. The molecule has 0 aliphatic heterocycles. The molecule has 0 amide bonds. The normalized spacial score (nSPS) is 9.60. The molecule has 0 saturated carbocycles. The van der Waals surface area contributed by atoms with Crippen LogP contribution >= 0.6 is 0 Å². The number of carbonyl (C=O) groups excluding carboxylic acids is 1. The summed E-state index contributed by atoms with van der Waals surface area (Å²) in [4.78, 5) is 15.2.